The van der Waals surface area contributed by atoms with E-state index >= 15 is 0 Å². The van der Waals surface area contributed by atoms with E-state index in [9.17, 15) is 14.4 Å². The highest BCUT2D eigenvalue weighted by atomic mass is 32.2. The molecule has 0 saturated carbocycles. The largest absolute Gasteiger partial charge is 0.465 e. The van der Waals surface area contributed by atoms with E-state index in [1.165, 1.54) is 88.5 Å². The molecule has 7 nitrogen and oxygen atoms in total. The second-order valence-electron chi connectivity index (χ2n) is 10.4. The van der Waals surface area contributed by atoms with Gasteiger partial charge in [-0.15, -0.1) is 0 Å². The molecule has 0 radical (unpaired) electrons. The number of carbonyl (C=O) groups excluding carboxylic acids is 3. The molecular weight excluding hydrogens is 490 g/mol. The minimum Gasteiger partial charge on any atom is -0.465 e. The van der Waals surface area contributed by atoms with Crippen LogP contribution >= 0.6 is 11.8 Å². The molecule has 1 atom stereocenters. The number of hydrogen-bond donors (Lipinski definition) is 1. The topological polar surface area (TPSA) is 90.9 Å². The quantitative estimate of drug-likeness (QED) is 0.0623. The van der Waals surface area contributed by atoms with Crippen LogP contribution in [-0.4, -0.2) is 54.4 Å². The molecule has 0 aliphatic heterocycles. The molecule has 8 heteroatoms. The van der Waals surface area contributed by atoms with Gasteiger partial charge in [0.05, 0.1) is 0 Å². The summed E-state index contributed by atoms with van der Waals surface area (Å²) in [6, 6.07) is -0.860. The van der Waals surface area contributed by atoms with Crippen LogP contribution in [0.3, 0.4) is 0 Å². The molecule has 0 aliphatic carbocycles. The van der Waals surface area contributed by atoms with Gasteiger partial charge in [-0.2, -0.15) is 11.8 Å². The number of amides is 1. The van der Waals surface area contributed by atoms with Gasteiger partial charge in [-0.1, -0.05) is 96.6 Å². The Hall–Kier alpha value is -1.70. The summed E-state index contributed by atoms with van der Waals surface area (Å²) in [5.74, 6) is 0.0622. The molecule has 0 bridgehead atoms. The third-order valence-electron chi connectivity index (χ3n) is 5.58. The van der Waals surface area contributed by atoms with E-state index in [0.717, 1.165) is 12.8 Å². The average molecular weight is 544 g/mol. The Labute approximate surface area is 230 Å². The molecule has 1 unspecified atom stereocenters. The van der Waals surface area contributed by atoms with Crippen LogP contribution in [0.15, 0.2) is 12.7 Å². The van der Waals surface area contributed by atoms with Crippen LogP contribution in [0.4, 0.5) is 4.79 Å². The van der Waals surface area contributed by atoms with E-state index in [2.05, 4.69) is 18.8 Å². The summed E-state index contributed by atoms with van der Waals surface area (Å²) in [5.41, 5.74) is -0.672. The molecule has 1 amide bonds. The zero-order chi connectivity index (χ0) is 27.8. The first-order chi connectivity index (χ1) is 17.7. The van der Waals surface area contributed by atoms with Crippen molar-refractivity contribution in [2.75, 3.05) is 24.7 Å². The fourth-order valence-electron chi connectivity index (χ4n) is 3.63. The number of alkyl carbamates (subject to hydrolysis) is 1. The van der Waals surface area contributed by atoms with Gasteiger partial charge in [0.1, 0.15) is 24.9 Å². The fraction of sp³-hybridized carbons (Fsp3) is 0.828. The molecule has 0 aromatic heterocycles. The summed E-state index contributed by atoms with van der Waals surface area (Å²) in [4.78, 5) is 36.2. The van der Waals surface area contributed by atoms with E-state index < -0.39 is 23.7 Å². The minimum atomic E-state index is -0.860. The molecule has 0 rings (SSSR count). The van der Waals surface area contributed by atoms with Crippen molar-refractivity contribution in [3.8, 4) is 0 Å². The Bertz CT molecular complexity index is 620. The van der Waals surface area contributed by atoms with Crippen molar-refractivity contribution in [3.05, 3.63) is 12.7 Å². The van der Waals surface area contributed by atoms with Gasteiger partial charge >= 0.3 is 18.0 Å². The predicted octanol–water partition coefficient (Wildman–Crippen LogP) is 7.37. The minimum absolute atomic E-state index is 0.0623. The van der Waals surface area contributed by atoms with Crippen molar-refractivity contribution in [1.29, 1.82) is 0 Å². The summed E-state index contributed by atoms with van der Waals surface area (Å²) >= 11 is 1.40. The van der Waals surface area contributed by atoms with Crippen molar-refractivity contribution in [1.82, 2.24) is 5.32 Å². The first-order valence-electron chi connectivity index (χ1n) is 14.2. The number of unbranched alkanes of at least 4 members (excludes halogenated alkanes) is 12. The number of hydrogen-bond acceptors (Lipinski definition) is 7. The van der Waals surface area contributed by atoms with E-state index in [4.69, 9.17) is 14.2 Å². The lowest BCUT2D eigenvalue weighted by molar-refractivity contribution is -0.144. The lowest BCUT2D eigenvalue weighted by Gasteiger charge is -2.22. The number of rotatable bonds is 23. The van der Waals surface area contributed by atoms with Gasteiger partial charge in [0.25, 0.3) is 0 Å². The molecule has 1 N–H and O–H groups in total. The second kappa shape index (κ2) is 23.4. The van der Waals surface area contributed by atoms with Crippen molar-refractivity contribution >= 4 is 29.8 Å². The average Bonchev–Trinajstić information content (AvgIpc) is 2.83. The first kappa shape index (κ1) is 35.3. The van der Waals surface area contributed by atoms with Gasteiger partial charge in [0.2, 0.25) is 0 Å². The second-order valence-corrected chi connectivity index (χ2v) is 11.6. The van der Waals surface area contributed by atoms with E-state index in [1.807, 2.05) is 0 Å². The van der Waals surface area contributed by atoms with Crippen molar-refractivity contribution < 1.29 is 28.6 Å². The highest BCUT2D eigenvalue weighted by molar-refractivity contribution is 7.99. The van der Waals surface area contributed by atoms with Gasteiger partial charge < -0.3 is 19.5 Å². The molecule has 216 valence electrons. The number of carbonyl (C=O) groups is 3. The monoisotopic (exact) mass is 543 g/mol. The molecule has 0 aromatic carbocycles. The molecule has 0 aliphatic rings. The van der Waals surface area contributed by atoms with Crippen LogP contribution in [0.5, 0.6) is 0 Å². The van der Waals surface area contributed by atoms with Crippen molar-refractivity contribution in [2.45, 2.75) is 129 Å². The Morgan fingerprint density at radius 2 is 1.41 bits per heavy atom. The SMILES string of the molecule is C=CCOC(=O)C(CSCCOC(=O)CCCCCCCCCCCCCCC)NC(=O)OC(C)(C)C. The van der Waals surface area contributed by atoms with Gasteiger partial charge in [0.15, 0.2) is 0 Å². The lowest BCUT2D eigenvalue weighted by Crippen LogP contribution is -2.45. The van der Waals surface area contributed by atoms with Crippen LogP contribution in [0.2, 0.25) is 0 Å². The third kappa shape index (κ3) is 24.4. The van der Waals surface area contributed by atoms with Gasteiger partial charge in [-0.3, -0.25) is 4.79 Å². The molecule has 0 spiro atoms. The summed E-state index contributed by atoms with van der Waals surface area (Å²) in [6.45, 7) is 11.3. The molecule has 0 aromatic rings. The summed E-state index contributed by atoms with van der Waals surface area (Å²) in [6.07, 6.45) is 17.7. The predicted molar refractivity (Wildman–Crippen MR) is 153 cm³/mol. The number of ether oxygens (including phenoxy) is 3. The highest BCUT2D eigenvalue weighted by Crippen LogP contribution is 2.13. The Kier molecular flexibility index (Phi) is 22.3. The first-order valence-corrected chi connectivity index (χ1v) is 15.4. The highest BCUT2D eigenvalue weighted by Gasteiger charge is 2.25. The Balaban J connectivity index is 3.85. The molecule has 0 fully saturated rings. The summed E-state index contributed by atoms with van der Waals surface area (Å²) in [5, 5.41) is 2.55. The number of thioether (sulfide) groups is 1. The van der Waals surface area contributed by atoms with Crippen molar-refractivity contribution in [3.63, 3.8) is 0 Å². The van der Waals surface area contributed by atoms with Gasteiger partial charge in [-0.25, -0.2) is 9.59 Å². The normalized spacial score (nSPS) is 12.0. The van der Waals surface area contributed by atoms with E-state index in [1.54, 1.807) is 20.8 Å². The summed E-state index contributed by atoms with van der Waals surface area (Å²) < 4.78 is 15.6. The molecule has 0 heterocycles. The van der Waals surface area contributed by atoms with Gasteiger partial charge in [-0.05, 0) is 27.2 Å². The Morgan fingerprint density at radius 1 is 0.865 bits per heavy atom. The Morgan fingerprint density at radius 3 is 1.92 bits per heavy atom. The number of esters is 2. The van der Waals surface area contributed by atoms with Crippen LogP contribution in [0.1, 0.15) is 118 Å². The van der Waals surface area contributed by atoms with Crippen LogP contribution in [0, 0.1) is 0 Å². The smallest absolute Gasteiger partial charge is 0.408 e. The van der Waals surface area contributed by atoms with E-state index in [0.29, 0.717) is 12.2 Å². The van der Waals surface area contributed by atoms with Crippen LogP contribution in [-0.2, 0) is 23.8 Å². The molecule has 0 saturated heterocycles. The van der Waals surface area contributed by atoms with E-state index in [-0.39, 0.29) is 24.9 Å². The maximum absolute atomic E-state index is 12.2. The summed E-state index contributed by atoms with van der Waals surface area (Å²) in [7, 11) is 0. The van der Waals surface area contributed by atoms with Crippen LogP contribution < -0.4 is 5.32 Å². The standard InChI is InChI=1S/C29H53NO6S/c1-6-8-9-10-11-12-13-14-15-16-17-18-19-20-26(31)34-22-23-37-24-25(27(32)35-21-7-2)30-28(33)36-29(3,4)5/h7,25H,2,6,8-24H2,1,3-5H3,(H,30,33). The zero-order valence-electron chi connectivity index (χ0n) is 23.9. The molecular formula is C29H53NO6S. The lowest BCUT2D eigenvalue weighted by atomic mass is 10.0. The molecule has 37 heavy (non-hydrogen) atoms. The van der Waals surface area contributed by atoms with Crippen LogP contribution in [0.25, 0.3) is 0 Å². The van der Waals surface area contributed by atoms with Crippen molar-refractivity contribution in [2.24, 2.45) is 0 Å². The number of nitrogens with one attached hydrogen (secondary N) is 1. The zero-order valence-corrected chi connectivity index (χ0v) is 24.8. The van der Waals surface area contributed by atoms with Gasteiger partial charge in [0, 0.05) is 17.9 Å². The fourth-order valence-corrected chi connectivity index (χ4v) is 4.46. The maximum Gasteiger partial charge on any atom is 0.408 e. The maximum atomic E-state index is 12.2. The third-order valence-corrected chi connectivity index (χ3v) is 6.60.